The smallest absolute Gasteiger partial charge is 0.255 e. The van der Waals surface area contributed by atoms with Gasteiger partial charge in [-0.15, -0.1) is 0 Å². The highest BCUT2D eigenvalue weighted by Crippen LogP contribution is 2.40. The van der Waals surface area contributed by atoms with E-state index in [0.717, 1.165) is 29.7 Å². The van der Waals surface area contributed by atoms with Crippen LogP contribution in [-0.4, -0.2) is 115 Å². The molecule has 67 heavy (non-hydrogen) atoms. The molecule has 6 rings (SSSR count). The Morgan fingerprint density at radius 3 is 2.34 bits per heavy atom. The van der Waals surface area contributed by atoms with E-state index in [1.165, 1.54) is 25.1 Å². The zero-order valence-corrected chi connectivity index (χ0v) is 38.4. The monoisotopic (exact) mass is 917 g/mol. The van der Waals surface area contributed by atoms with E-state index in [1.54, 1.807) is 43.3 Å². The van der Waals surface area contributed by atoms with Gasteiger partial charge in [-0.3, -0.25) is 24.0 Å². The fraction of sp³-hybridized carbons (Fsp3) is 0.417. The minimum Gasteiger partial charge on any atom is -0.492 e. The molecule has 0 saturated heterocycles. The van der Waals surface area contributed by atoms with Gasteiger partial charge in [-0.25, -0.2) is 9.97 Å². The molecule has 354 valence electrons. The summed E-state index contributed by atoms with van der Waals surface area (Å²) in [5, 5.41) is 19.9. The van der Waals surface area contributed by atoms with Crippen LogP contribution in [0.3, 0.4) is 0 Å². The molecule has 0 spiro atoms. The van der Waals surface area contributed by atoms with Gasteiger partial charge in [0, 0.05) is 49.4 Å². The van der Waals surface area contributed by atoms with Crippen LogP contribution in [0.25, 0.3) is 22.5 Å². The van der Waals surface area contributed by atoms with Crippen LogP contribution in [0, 0.1) is 18.3 Å². The summed E-state index contributed by atoms with van der Waals surface area (Å²) in [6.45, 7) is 7.57. The predicted molar refractivity (Wildman–Crippen MR) is 249 cm³/mol. The number of carbonyl (C=O) groups excluding carboxylic acids is 5. The number of benzene rings is 3. The number of nitrogens with two attached hydrogens (primary N) is 3. The van der Waals surface area contributed by atoms with Crippen molar-refractivity contribution in [3.8, 4) is 45.8 Å². The molecule has 5 amide bonds. The molecule has 0 radical (unpaired) electrons. The van der Waals surface area contributed by atoms with E-state index in [2.05, 4.69) is 45.1 Å². The summed E-state index contributed by atoms with van der Waals surface area (Å²) in [7, 11) is 1.41. The normalized spacial score (nSPS) is 18.0. The molecule has 3 aromatic carbocycles. The van der Waals surface area contributed by atoms with Crippen LogP contribution >= 0.6 is 0 Å². The third-order valence-electron chi connectivity index (χ3n) is 11.5. The van der Waals surface area contributed by atoms with Crippen LogP contribution in [0.5, 0.6) is 17.2 Å². The molecule has 3 heterocycles. The first-order valence-electron chi connectivity index (χ1n) is 22.2. The molecule has 4 unspecified atom stereocenters. The van der Waals surface area contributed by atoms with Gasteiger partial charge in [0.25, 0.3) is 5.91 Å². The lowest BCUT2D eigenvalue weighted by Gasteiger charge is -2.32. The van der Waals surface area contributed by atoms with Gasteiger partial charge in [0.2, 0.25) is 23.6 Å². The van der Waals surface area contributed by atoms with Crippen LogP contribution in [0.1, 0.15) is 72.4 Å². The SMILES string of the molecule is Cc1nc(-c2ccc3c(c2)CCC(C)(C)O3)ncc1C(=O)NC(CCN)C(=O)N(C)C1C(=O)NC(C)C(=O)NC(C(=O)NCC#N)Cc2ccc(OCCN)c(c2)-c2cc1ccc2OCCN. The Bertz CT molecular complexity index is 2540. The summed E-state index contributed by atoms with van der Waals surface area (Å²) in [5.74, 6) is -1.39. The van der Waals surface area contributed by atoms with Crippen LogP contribution in [0.4, 0.5) is 0 Å². The van der Waals surface area contributed by atoms with Gasteiger partial charge in [-0.05, 0) is 113 Å². The van der Waals surface area contributed by atoms with E-state index in [1.807, 2.05) is 24.3 Å². The minimum atomic E-state index is -1.41. The molecule has 1 aromatic heterocycles. The molecular weight excluding hydrogens is 859 g/mol. The van der Waals surface area contributed by atoms with Gasteiger partial charge < -0.3 is 57.6 Å². The highest BCUT2D eigenvalue weighted by Gasteiger charge is 2.36. The number of amides is 5. The number of nitrogens with one attached hydrogen (secondary N) is 4. The second kappa shape index (κ2) is 21.9. The Morgan fingerprint density at radius 1 is 0.970 bits per heavy atom. The fourth-order valence-electron chi connectivity index (χ4n) is 7.99. The van der Waals surface area contributed by atoms with Crippen molar-refractivity contribution in [3.05, 3.63) is 88.7 Å². The first kappa shape index (κ1) is 49.3. The van der Waals surface area contributed by atoms with Crippen molar-refractivity contribution in [3.63, 3.8) is 0 Å². The maximum Gasteiger partial charge on any atom is 0.255 e. The summed E-state index contributed by atoms with van der Waals surface area (Å²) < 4.78 is 18.3. The average molecular weight is 918 g/mol. The van der Waals surface area contributed by atoms with Crippen molar-refractivity contribution >= 4 is 29.5 Å². The van der Waals surface area contributed by atoms with Gasteiger partial charge in [-0.1, -0.05) is 12.1 Å². The maximum atomic E-state index is 14.7. The highest BCUT2D eigenvalue weighted by molar-refractivity contribution is 6.00. The quantitative estimate of drug-likeness (QED) is 0.0837. The second-order valence-corrected chi connectivity index (χ2v) is 17.1. The number of carbonyl (C=O) groups is 5. The van der Waals surface area contributed by atoms with Gasteiger partial charge in [0.15, 0.2) is 5.82 Å². The zero-order chi connectivity index (χ0) is 48.4. The van der Waals surface area contributed by atoms with E-state index >= 15 is 0 Å². The maximum absolute atomic E-state index is 14.7. The molecule has 19 nitrogen and oxygen atoms in total. The van der Waals surface area contributed by atoms with Crippen molar-refractivity contribution in [2.75, 3.05) is 46.4 Å². The topological polar surface area (TPSA) is 292 Å². The lowest BCUT2D eigenvalue weighted by atomic mass is 9.93. The Hall–Kier alpha value is -7.14. The molecule has 2 aliphatic rings. The molecule has 2 aliphatic heterocycles. The number of nitriles is 1. The number of aryl methyl sites for hydroxylation is 2. The van der Waals surface area contributed by atoms with E-state index < -0.39 is 53.7 Å². The van der Waals surface area contributed by atoms with Gasteiger partial charge in [0.05, 0.1) is 17.3 Å². The molecule has 0 saturated carbocycles. The summed E-state index contributed by atoms with van der Waals surface area (Å²) in [5.41, 5.74) is 21.6. The van der Waals surface area contributed by atoms with Crippen molar-refractivity contribution in [1.82, 2.24) is 36.1 Å². The standard InChI is InChI=1S/C48H59N11O8/c1-27-35(26-54-42(55-27)32-8-10-38-30(24-32)12-14-48(3,4)67-38)44(61)57-36(13-15-49)47(64)59(5)41-31-7-11-40(66-21-18-52)34(25-31)33-22-29(6-9-39(33)65-20-17-51)23-37(45(62)53-19-16-50)58-43(60)28(2)56-46(41)63/h6-11,22,24-26,28,36-37,41H,12-15,17-21,23,49,51-52H2,1-5H3,(H,53,62)(H,56,63)(H,57,61)(H,58,60). The largest absolute Gasteiger partial charge is 0.492 e. The van der Waals surface area contributed by atoms with Crippen molar-refractivity contribution in [2.45, 2.75) is 83.1 Å². The van der Waals surface area contributed by atoms with Crippen LogP contribution in [0.2, 0.25) is 0 Å². The van der Waals surface area contributed by atoms with Crippen molar-refractivity contribution < 1.29 is 38.2 Å². The van der Waals surface area contributed by atoms with Crippen LogP contribution in [-0.2, 0) is 32.0 Å². The average Bonchev–Trinajstić information content (AvgIpc) is 3.30. The first-order valence-corrected chi connectivity index (χ1v) is 22.2. The molecule has 10 N–H and O–H groups in total. The van der Waals surface area contributed by atoms with Crippen molar-refractivity contribution in [2.24, 2.45) is 17.2 Å². The van der Waals surface area contributed by atoms with E-state index in [9.17, 15) is 29.2 Å². The third-order valence-corrected chi connectivity index (χ3v) is 11.5. The number of nitrogens with zero attached hydrogens (tertiary/aromatic N) is 4. The number of hydrogen-bond donors (Lipinski definition) is 7. The van der Waals surface area contributed by atoms with E-state index in [4.69, 9.17) is 31.4 Å². The van der Waals surface area contributed by atoms with Gasteiger partial charge in [0.1, 0.15) is 66.8 Å². The number of fused-ring (bicyclic) bond motifs is 6. The summed E-state index contributed by atoms with van der Waals surface area (Å²) in [4.78, 5) is 80.7. The van der Waals surface area contributed by atoms with Crippen LogP contribution in [0.15, 0.2) is 60.8 Å². The summed E-state index contributed by atoms with van der Waals surface area (Å²) >= 11 is 0. The number of aromatic nitrogens is 2. The molecule has 4 aromatic rings. The number of ether oxygens (including phenoxy) is 3. The van der Waals surface area contributed by atoms with Gasteiger partial charge >= 0.3 is 0 Å². The Morgan fingerprint density at radius 2 is 1.67 bits per heavy atom. The van der Waals surface area contributed by atoms with Crippen LogP contribution < -0.4 is 52.7 Å². The van der Waals surface area contributed by atoms with E-state index in [0.29, 0.717) is 45.3 Å². The summed E-state index contributed by atoms with van der Waals surface area (Å²) in [6.07, 6.45) is 3.09. The minimum absolute atomic E-state index is 0.000379. The fourth-order valence-corrected chi connectivity index (χ4v) is 7.99. The lowest BCUT2D eigenvalue weighted by Crippen LogP contribution is -2.56. The second-order valence-electron chi connectivity index (χ2n) is 17.1. The first-order chi connectivity index (χ1) is 32.1. The number of hydrogen-bond acceptors (Lipinski definition) is 14. The van der Waals surface area contributed by atoms with Crippen molar-refractivity contribution in [1.29, 1.82) is 5.26 Å². The summed E-state index contributed by atoms with van der Waals surface area (Å²) in [6, 6.07) is 12.8. The molecule has 4 bridgehead atoms. The molecular formula is C48H59N11O8. The van der Waals surface area contributed by atoms with E-state index in [-0.39, 0.29) is 63.4 Å². The molecule has 0 aliphatic carbocycles. The molecule has 19 heteroatoms. The Balaban J connectivity index is 1.36. The Labute approximate surface area is 389 Å². The lowest BCUT2D eigenvalue weighted by molar-refractivity contribution is -0.141. The number of rotatable bonds is 15. The van der Waals surface area contributed by atoms with Gasteiger partial charge in [-0.2, -0.15) is 5.26 Å². The number of likely N-dealkylation sites (N-methyl/N-ethyl adjacent to an activating group) is 1. The third kappa shape index (κ3) is 11.8. The zero-order valence-electron chi connectivity index (χ0n) is 38.4. The molecule has 4 atom stereocenters. The highest BCUT2D eigenvalue weighted by atomic mass is 16.5. The predicted octanol–water partition coefficient (Wildman–Crippen LogP) is 1.73. The molecule has 0 fully saturated rings. The Kier molecular flexibility index (Phi) is 16.1.